The third kappa shape index (κ3) is 4.65. The fourth-order valence-electron chi connectivity index (χ4n) is 8.30. The van der Waals surface area contributed by atoms with Crippen LogP contribution in [-0.2, 0) is 11.8 Å². The lowest BCUT2D eigenvalue weighted by molar-refractivity contribution is 0.465. The van der Waals surface area contributed by atoms with Crippen LogP contribution in [0.1, 0.15) is 36.3 Å². The molecule has 3 heteroatoms. The van der Waals surface area contributed by atoms with Gasteiger partial charge in [-0.2, -0.15) is 0 Å². The topological polar surface area (TPSA) is 19.6 Å². The SMILES string of the molecule is CC1(C)c2cc(N(c3ccccc3)c3ccc(-c4ccc5c(c4)Cc4ccccc4N5c4ccccc4)cc3)ccc2-c2c1oc1ccccc21. The largest absolute Gasteiger partial charge is 0.459 e. The molecule has 1 aliphatic carbocycles. The van der Waals surface area contributed by atoms with Crippen LogP contribution in [0.15, 0.2) is 174 Å². The molecule has 0 saturated carbocycles. The molecule has 3 nitrogen and oxygen atoms in total. The number of furan rings is 1. The molecular weight excluding hydrogens is 621 g/mol. The third-order valence-corrected chi connectivity index (χ3v) is 10.8. The molecule has 0 radical (unpaired) electrons. The van der Waals surface area contributed by atoms with E-state index in [1.165, 1.54) is 61.4 Å². The Morgan fingerprint density at radius 2 is 1.20 bits per heavy atom. The van der Waals surface area contributed by atoms with E-state index >= 15 is 0 Å². The van der Waals surface area contributed by atoms with Crippen molar-refractivity contribution in [2.45, 2.75) is 25.7 Å². The van der Waals surface area contributed by atoms with E-state index in [2.05, 4.69) is 187 Å². The Morgan fingerprint density at radius 1 is 0.549 bits per heavy atom. The van der Waals surface area contributed by atoms with Crippen LogP contribution < -0.4 is 9.80 Å². The van der Waals surface area contributed by atoms with E-state index < -0.39 is 0 Å². The zero-order valence-electron chi connectivity index (χ0n) is 28.7. The summed E-state index contributed by atoms with van der Waals surface area (Å²) in [4.78, 5) is 4.76. The van der Waals surface area contributed by atoms with Gasteiger partial charge in [-0.15, -0.1) is 0 Å². The molecule has 51 heavy (non-hydrogen) atoms. The smallest absolute Gasteiger partial charge is 0.134 e. The van der Waals surface area contributed by atoms with E-state index in [0.717, 1.165) is 34.8 Å². The summed E-state index contributed by atoms with van der Waals surface area (Å²) in [5.74, 6) is 1.05. The average molecular weight is 657 g/mol. The van der Waals surface area contributed by atoms with Gasteiger partial charge in [-0.3, -0.25) is 0 Å². The maximum atomic E-state index is 6.50. The number of benzene rings is 7. The van der Waals surface area contributed by atoms with Crippen molar-refractivity contribution in [3.8, 4) is 22.3 Å². The summed E-state index contributed by atoms with van der Waals surface area (Å²) in [7, 11) is 0. The molecule has 0 atom stereocenters. The summed E-state index contributed by atoms with van der Waals surface area (Å²) in [6.07, 6.45) is 0.909. The van der Waals surface area contributed by atoms with Crippen molar-refractivity contribution in [1.29, 1.82) is 0 Å². The molecule has 0 fully saturated rings. The molecular formula is C48H36N2O. The summed E-state index contributed by atoms with van der Waals surface area (Å²) >= 11 is 0. The molecule has 2 aliphatic rings. The maximum Gasteiger partial charge on any atom is 0.134 e. The molecule has 0 unspecified atom stereocenters. The van der Waals surface area contributed by atoms with Crippen LogP contribution in [0.4, 0.5) is 34.1 Å². The first-order valence-corrected chi connectivity index (χ1v) is 17.7. The highest BCUT2D eigenvalue weighted by Crippen LogP contribution is 2.54. The minimum atomic E-state index is -0.255. The lowest BCUT2D eigenvalue weighted by Gasteiger charge is -2.33. The van der Waals surface area contributed by atoms with Gasteiger partial charge in [0.05, 0.1) is 0 Å². The molecule has 7 aromatic carbocycles. The molecule has 0 saturated heterocycles. The van der Waals surface area contributed by atoms with Gasteiger partial charge in [-0.25, -0.2) is 0 Å². The van der Waals surface area contributed by atoms with Crippen LogP contribution in [-0.4, -0.2) is 0 Å². The van der Waals surface area contributed by atoms with Crippen LogP contribution in [0.2, 0.25) is 0 Å². The van der Waals surface area contributed by atoms with Gasteiger partial charge >= 0.3 is 0 Å². The van der Waals surface area contributed by atoms with Gasteiger partial charge < -0.3 is 14.2 Å². The number of para-hydroxylation sites is 4. The standard InChI is InChI=1S/C48H36N2O/c1-48(2)42-31-39(26-27-40(42)46-41-18-10-12-20-45(41)51-47(46)48)49(36-14-5-3-6-15-36)38-24-21-32(22-25-38)33-23-28-44-35(29-33)30-34-13-9-11-19-43(34)50(44)37-16-7-4-8-17-37/h3-29,31H,30H2,1-2H3. The van der Waals surface area contributed by atoms with Gasteiger partial charge in [0.2, 0.25) is 0 Å². The monoisotopic (exact) mass is 656 g/mol. The Bertz CT molecular complexity index is 2580. The van der Waals surface area contributed by atoms with E-state index in [4.69, 9.17) is 4.42 Å². The molecule has 8 aromatic rings. The predicted molar refractivity (Wildman–Crippen MR) is 211 cm³/mol. The van der Waals surface area contributed by atoms with E-state index in [-0.39, 0.29) is 5.41 Å². The van der Waals surface area contributed by atoms with Crippen LogP contribution in [0.5, 0.6) is 0 Å². The summed E-state index contributed by atoms with van der Waals surface area (Å²) < 4.78 is 6.50. The summed E-state index contributed by atoms with van der Waals surface area (Å²) in [5, 5.41) is 1.18. The van der Waals surface area contributed by atoms with Crippen LogP contribution >= 0.6 is 0 Å². The number of rotatable bonds is 5. The fraction of sp³-hybridized carbons (Fsp3) is 0.0833. The van der Waals surface area contributed by atoms with Gasteiger partial charge in [0, 0.05) is 56.9 Å². The molecule has 0 spiro atoms. The second-order valence-electron chi connectivity index (χ2n) is 14.2. The normalized spacial score (nSPS) is 13.7. The Morgan fingerprint density at radius 3 is 2.02 bits per heavy atom. The average Bonchev–Trinajstić information content (AvgIpc) is 3.67. The van der Waals surface area contributed by atoms with Gasteiger partial charge in [-0.1, -0.05) is 97.1 Å². The van der Waals surface area contributed by atoms with Crippen molar-refractivity contribution in [3.05, 3.63) is 192 Å². The van der Waals surface area contributed by atoms with Crippen molar-refractivity contribution in [2.24, 2.45) is 0 Å². The minimum Gasteiger partial charge on any atom is -0.459 e. The number of fused-ring (bicyclic) bond motifs is 7. The molecule has 1 aromatic heterocycles. The second kappa shape index (κ2) is 11.4. The summed E-state index contributed by atoms with van der Waals surface area (Å²) in [6.45, 7) is 4.56. The van der Waals surface area contributed by atoms with Crippen LogP contribution in [0.3, 0.4) is 0 Å². The lowest BCUT2D eigenvalue weighted by Crippen LogP contribution is -2.18. The van der Waals surface area contributed by atoms with E-state index in [9.17, 15) is 0 Å². The number of hydrogen-bond donors (Lipinski definition) is 0. The molecule has 1 aliphatic heterocycles. The highest BCUT2D eigenvalue weighted by atomic mass is 16.3. The molecule has 0 N–H and O–H groups in total. The summed E-state index contributed by atoms with van der Waals surface area (Å²) in [6, 6.07) is 61.4. The number of nitrogens with zero attached hydrogens (tertiary/aromatic N) is 2. The number of hydrogen-bond acceptors (Lipinski definition) is 3. The Hall–Kier alpha value is -6.32. The zero-order valence-corrected chi connectivity index (χ0v) is 28.7. The molecule has 0 amide bonds. The Labute approximate surface area is 298 Å². The van der Waals surface area contributed by atoms with Crippen molar-refractivity contribution in [3.63, 3.8) is 0 Å². The van der Waals surface area contributed by atoms with Crippen molar-refractivity contribution in [1.82, 2.24) is 0 Å². The number of anilines is 6. The Kier molecular flexibility index (Phi) is 6.59. The Balaban J connectivity index is 1.03. The minimum absolute atomic E-state index is 0.255. The highest BCUT2D eigenvalue weighted by molar-refractivity contribution is 6.01. The van der Waals surface area contributed by atoms with Gasteiger partial charge in [0.25, 0.3) is 0 Å². The molecule has 244 valence electrons. The van der Waals surface area contributed by atoms with Crippen LogP contribution in [0.25, 0.3) is 33.2 Å². The molecule has 0 bridgehead atoms. The van der Waals surface area contributed by atoms with Gasteiger partial charge in [-0.05, 0) is 120 Å². The van der Waals surface area contributed by atoms with E-state index in [1.807, 2.05) is 6.07 Å². The predicted octanol–water partition coefficient (Wildman–Crippen LogP) is 13.2. The first-order chi connectivity index (χ1) is 25.0. The van der Waals surface area contributed by atoms with Crippen molar-refractivity contribution >= 4 is 45.1 Å². The van der Waals surface area contributed by atoms with Crippen molar-refractivity contribution < 1.29 is 4.42 Å². The quantitative estimate of drug-likeness (QED) is 0.184. The third-order valence-electron chi connectivity index (χ3n) is 10.8. The summed E-state index contributed by atoms with van der Waals surface area (Å²) in [5.41, 5.74) is 16.6. The van der Waals surface area contributed by atoms with Crippen LogP contribution in [0, 0.1) is 0 Å². The van der Waals surface area contributed by atoms with Crippen molar-refractivity contribution in [2.75, 3.05) is 9.80 Å². The van der Waals surface area contributed by atoms with E-state index in [0.29, 0.717) is 0 Å². The second-order valence-corrected chi connectivity index (χ2v) is 14.2. The fourth-order valence-corrected chi connectivity index (χ4v) is 8.30. The zero-order chi connectivity index (χ0) is 34.1. The van der Waals surface area contributed by atoms with Gasteiger partial charge in [0.15, 0.2) is 0 Å². The maximum absolute atomic E-state index is 6.50. The molecule has 10 rings (SSSR count). The van der Waals surface area contributed by atoms with E-state index in [1.54, 1.807) is 0 Å². The first kappa shape index (κ1) is 29.6. The lowest BCUT2D eigenvalue weighted by atomic mass is 9.85. The highest BCUT2D eigenvalue weighted by Gasteiger charge is 2.41. The molecule has 2 heterocycles. The van der Waals surface area contributed by atoms with Gasteiger partial charge in [0.1, 0.15) is 11.3 Å². The first-order valence-electron chi connectivity index (χ1n) is 17.7.